The second-order valence-corrected chi connectivity index (χ2v) is 13.5. The van der Waals surface area contributed by atoms with Gasteiger partial charge in [0.25, 0.3) is 5.91 Å². The number of rotatable bonds is 3. The average molecular weight is 472 g/mol. The molecule has 0 atom stereocenters. The zero-order chi connectivity index (χ0) is 23.7. The van der Waals surface area contributed by atoms with E-state index in [2.05, 4.69) is 69.5 Å². The maximum absolute atomic E-state index is 13.1. The van der Waals surface area contributed by atoms with E-state index in [1.807, 2.05) is 17.2 Å². The molecular weight excluding hydrogens is 442 g/mol. The summed E-state index contributed by atoms with van der Waals surface area (Å²) in [5.41, 5.74) is 6.06. The van der Waals surface area contributed by atoms with Gasteiger partial charge in [0.15, 0.2) is 0 Å². The summed E-state index contributed by atoms with van der Waals surface area (Å²) in [5.74, 6) is 3.78. The molecule has 2 aromatic heterocycles. The summed E-state index contributed by atoms with van der Waals surface area (Å²) < 4.78 is 0. The van der Waals surface area contributed by atoms with Crippen LogP contribution in [-0.2, 0) is 25.8 Å². The van der Waals surface area contributed by atoms with Gasteiger partial charge in [-0.3, -0.25) is 9.78 Å². The number of hydrogen-bond donors (Lipinski definition) is 1. The molecule has 3 aromatic rings. The Labute approximate surface area is 202 Å². The highest BCUT2D eigenvalue weighted by molar-refractivity contribution is 8.35. The zero-order valence-corrected chi connectivity index (χ0v) is 20.7. The van der Waals surface area contributed by atoms with Crippen molar-refractivity contribution in [2.75, 3.05) is 30.6 Å². The number of carbonyl (C=O) groups excluding carboxylic acids is 1. The molecule has 0 spiro atoms. The van der Waals surface area contributed by atoms with E-state index in [9.17, 15) is 4.79 Å². The number of aromatic nitrogens is 3. The van der Waals surface area contributed by atoms with E-state index < -0.39 is 10.0 Å². The zero-order valence-electron chi connectivity index (χ0n) is 19.8. The highest BCUT2D eigenvalue weighted by atomic mass is 32.3. The molecule has 6 nitrogen and oxygen atoms in total. The first-order valence-electron chi connectivity index (χ1n) is 11.5. The highest BCUT2D eigenvalue weighted by Gasteiger charge is 2.26. The molecule has 1 N–H and O–H groups in total. The van der Waals surface area contributed by atoms with Crippen LogP contribution in [0.15, 0.2) is 48.8 Å². The van der Waals surface area contributed by atoms with Gasteiger partial charge in [-0.1, -0.05) is 30.2 Å². The first kappa shape index (κ1) is 22.4. The van der Waals surface area contributed by atoms with Crippen molar-refractivity contribution >= 4 is 21.9 Å². The number of anilines is 1. The lowest BCUT2D eigenvalue weighted by Crippen LogP contribution is -2.37. The van der Waals surface area contributed by atoms with Gasteiger partial charge in [0, 0.05) is 49.1 Å². The van der Waals surface area contributed by atoms with Crippen LogP contribution in [0.3, 0.4) is 0 Å². The summed E-state index contributed by atoms with van der Waals surface area (Å²) in [4.78, 5) is 28.6. The molecule has 0 bridgehead atoms. The van der Waals surface area contributed by atoms with Crippen LogP contribution in [0.4, 0.5) is 5.95 Å². The van der Waals surface area contributed by atoms with Gasteiger partial charge < -0.3 is 10.2 Å². The maximum Gasteiger partial charge on any atom is 0.272 e. The second-order valence-electron chi connectivity index (χ2n) is 9.65. The van der Waals surface area contributed by atoms with Crippen molar-refractivity contribution in [1.29, 1.82) is 0 Å². The molecule has 174 valence electrons. The lowest BCUT2D eigenvalue weighted by Gasteiger charge is -2.28. The number of fused-ring (bicyclic) bond motifs is 2. The number of nitrogens with one attached hydrogen (secondary N) is 1. The smallest absolute Gasteiger partial charge is 0.272 e. The predicted molar refractivity (Wildman–Crippen MR) is 138 cm³/mol. The predicted octanol–water partition coefficient (Wildman–Crippen LogP) is 3.65. The Morgan fingerprint density at radius 2 is 1.85 bits per heavy atom. The van der Waals surface area contributed by atoms with Gasteiger partial charge in [-0.05, 0) is 60.1 Å². The molecule has 0 unspecified atom stereocenters. The van der Waals surface area contributed by atoms with Crippen LogP contribution in [0.1, 0.15) is 38.4 Å². The molecule has 3 heterocycles. The van der Waals surface area contributed by atoms with Gasteiger partial charge in [-0.15, -0.1) is 0 Å². The van der Waals surface area contributed by atoms with Crippen molar-refractivity contribution in [3.05, 3.63) is 82.4 Å². The maximum atomic E-state index is 13.1. The summed E-state index contributed by atoms with van der Waals surface area (Å²) in [6, 6.07) is 12.5. The van der Waals surface area contributed by atoms with E-state index in [-0.39, 0.29) is 5.91 Å². The number of amides is 1. The summed E-state index contributed by atoms with van der Waals surface area (Å²) in [7, 11) is -0.930. The van der Waals surface area contributed by atoms with Crippen molar-refractivity contribution in [2.45, 2.75) is 31.8 Å². The third-order valence-corrected chi connectivity index (χ3v) is 6.80. The molecule has 34 heavy (non-hydrogen) atoms. The number of hydrogen-bond acceptors (Lipinski definition) is 5. The lowest BCUT2D eigenvalue weighted by atomic mass is 10.1. The van der Waals surface area contributed by atoms with Crippen LogP contribution in [0, 0.1) is 11.2 Å². The Morgan fingerprint density at radius 3 is 2.59 bits per heavy atom. The number of pyridine rings is 1. The van der Waals surface area contributed by atoms with Crippen molar-refractivity contribution in [3.63, 3.8) is 0 Å². The second kappa shape index (κ2) is 9.11. The van der Waals surface area contributed by atoms with Gasteiger partial charge in [0.05, 0.1) is 5.69 Å². The summed E-state index contributed by atoms with van der Waals surface area (Å²) in [6.07, 6.45) is 12.6. The largest absolute Gasteiger partial charge is 0.351 e. The first-order chi connectivity index (χ1) is 16.3. The Hall–Kier alpha value is -3.37. The molecule has 2 aliphatic rings. The number of carbonyl (C=O) groups is 1. The summed E-state index contributed by atoms with van der Waals surface area (Å²) in [5, 5.41) is 6.79. The molecule has 0 saturated carbocycles. The van der Waals surface area contributed by atoms with Crippen LogP contribution >= 0.6 is 10.0 Å². The van der Waals surface area contributed by atoms with Crippen molar-refractivity contribution in [2.24, 2.45) is 0 Å². The Morgan fingerprint density at radius 1 is 1.09 bits per heavy atom. The number of benzene rings is 1. The fourth-order valence-electron chi connectivity index (χ4n) is 4.40. The molecule has 1 amide bonds. The Bertz CT molecular complexity index is 1280. The Kier molecular flexibility index (Phi) is 6.01. The van der Waals surface area contributed by atoms with Gasteiger partial charge in [-0.25, -0.2) is 9.97 Å². The van der Waals surface area contributed by atoms with E-state index in [1.54, 1.807) is 12.3 Å². The molecular formula is C27H29N5OS. The van der Waals surface area contributed by atoms with E-state index in [0.29, 0.717) is 37.2 Å². The minimum absolute atomic E-state index is 0.0803. The van der Waals surface area contributed by atoms with Gasteiger partial charge in [-0.2, -0.15) is 10.0 Å². The fourth-order valence-corrected chi connectivity index (χ4v) is 4.83. The molecule has 1 aliphatic heterocycles. The van der Waals surface area contributed by atoms with Gasteiger partial charge >= 0.3 is 0 Å². The highest BCUT2D eigenvalue weighted by Crippen LogP contribution is 2.32. The van der Waals surface area contributed by atoms with E-state index in [4.69, 9.17) is 4.98 Å². The fraction of sp³-hybridized carbons (Fsp3) is 0.333. The SMILES string of the molecule is CS(C)(C)C#Cc1ccnc(C(=O)N2CCc3nc(NC4Cc5ccccc5C4)ncc3C2)c1. The molecule has 1 aliphatic carbocycles. The van der Waals surface area contributed by atoms with E-state index in [0.717, 1.165) is 29.7 Å². The van der Waals surface area contributed by atoms with Crippen LogP contribution in [0.25, 0.3) is 0 Å². The van der Waals surface area contributed by atoms with Gasteiger partial charge in [0.2, 0.25) is 5.95 Å². The molecule has 7 heteroatoms. The quantitative estimate of drug-likeness (QED) is 0.591. The van der Waals surface area contributed by atoms with Crippen molar-refractivity contribution < 1.29 is 4.79 Å². The third-order valence-electron chi connectivity index (χ3n) is 6.09. The van der Waals surface area contributed by atoms with Crippen LogP contribution in [-0.4, -0.2) is 57.1 Å². The standard InChI is InChI=1S/C27H29N5OS/c1-34(2,3)13-10-19-8-11-28-25(14-19)26(33)32-12-9-24-22(18-32)17-29-27(31-24)30-23-15-20-6-4-5-7-21(20)16-23/h4-8,11,14,17,23H,9,12,15-16,18H2,1-3H3,(H,29,30,31). The summed E-state index contributed by atoms with van der Waals surface area (Å²) >= 11 is 0. The monoisotopic (exact) mass is 471 g/mol. The molecule has 1 aromatic carbocycles. The van der Waals surface area contributed by atoms with Crippen LogP contribution < -0.4 is 5.32 Å². The van der Waals surface area contributed by atoms with Gasteiger partial charge in [0.1, 0.15) is 5.69 Å². The molecule has 0 saturated heterocycles. The Balaban J connectivity index is 1.25. The normalized spacial score (nSPS) is 15.7. The van der Waals surface area contributed by atoms with Crippen molar-refractivity contribution in [3.8, 4) is 11.2 Å². The lowest BCUT2D eigenvalue weighted by molar-refractivity contribution is 0.0727. The molecule has 5 rings (SSSR count). The van der Waals surface area contributed by atoms with Crippen LogP contribution in [0.2, 0.25) is 0 Å². The van der Waals surface area contributed by atoms with E-state index >= 15 is 0 Å². The van der Waals surface area contributed by atoms with Crippen LogP contribution in [0.5, 0.6) is 0 Å². The minimum atomic E-state index is -0.930. The first-order valence-corrected chi connectivity index (χ1v) is 14.3. The van der Waals surface area contributed by atoms with E-state index in [1.165, 1.54) is 11.1 Å². The van der Waals surface area contributed by atoms with Crippen molar-refractivity contribution in [1.82, 2.24) is 19.9 Å². The molecule has 0 radical (unpaired) electrons. The number of nitrogens with zero attached hydrogens (tertiary/aromatic N) is 4. The topological polar surface area (TPSA) is 71.0 Å². The average Bonchev–Trinajstić information content (AvgIpc) is 3.24. The summed E-state index contributed by atoms with van der Waals surface area (Å²) in [6.45, 7) is 1.11. The third kappa shape index (κ3) is 5.07. The minimum Gasteiger partial charge on any atom is -0.351 e. The molecule has 0 fully saturated rings.